The van der Waals surface area contributed by atoms with Gasteiger partial charge >= 0.3 is 5.97 Å². The summed E-state index contributed by atoms with van der Waals surface area (Å²) in [6.45, 7) is -0.946. The highest BCUT2D eigenvalue weighted by Gasteiger charge is 2.31. The molecule has 15 nitrogen and oxygen atoms in total. The van der Waals surface area contributed by atoms with E-state index in [-0.39, 0.29) is 25.0 Å². The van der Waals surface area contributed by atoms with Crippen molar-refractivity contribution >= 4 is 35.5 Å². The standard InChI is InChI=1S/C21H30N6O9/c22-12(5-6-16(23)30)18(32)25-13(8-17(24)31)19(33)27-15(9-28)20(34)26-14(21(35)36)7-10-1-3-11(29)4-2-10/h1-4,12-15,28-29H,5-9,22H2,(H2,23,30)(H2,24,31)(H,25,32)(H,26,34)(H,27,33)(H,35,36). The van der Waals surface area contributed by atoms with Gasteiger partial charge < -0.3 is 48.5 Å². The first-order chi connectivity index (χ1) is 16.8. The van der Waals surface area contributed by atoms with E-state index in [1.807, 2.05) is 0 Å². The highest BCUT2D eigenvalue weighted by molar-refractivity contribution is 5.96. The lowest BCUT2D eigenvalue weighted by Gasteiger charge is -2.24. The van der Waals surface area contributed by atoms with Gasteiger partial charge in [-0.15, -0.1) is 0 Å². The molecule has 0 heterocycles. The zero-order chi connectivity index (χ0) is 27.4. The number of carbonyl (C=O) groups excluding carboxylic acids is 5. The first kappa shape index (κ1) is 29.8. The zero-order valence-corrected chi connectivity index (χ0v) is 19.2. The fourth-order valence-electron chi connectivity index (χ4n) is 2.92. The number of aliphatic hydroxyl groups excluding tert-OH is 1. The molecule has 0 spiro atoms. The fourth-order valence-corrected chi connectivity index (χ4v) is 2.92. The van der Waals surface area contributed by atoms with E-state index < -0.39 is 72.7 Å². The van der Waals surface area contributed by atoms with E-state index in [1.54, 1.807) is 0 Å². The molecule has 1 aromatic carbocycles. The van der Waals surface area contributed by atoms with Gasteiger partial charge in [0.2, 0.25) is 29.5 Å². The molecule has 0 aliphatic carbocycles. The SMILES string of the molecule is NC(=O)CCC(N)C(=O)NC(CC(N)=O)C(=O)NC(CO)C(=O)NC(Cc1ccc(O)cc1)C(=O)O. The molecule has 4 unspecified atom stereocenters. The molecule has 198 valence electrons. The highest BCUT2D eigenvalue weighted by atomic mass is 16.4. The molecule has 1 rings (SSSR count). The van der Waals surface area contributed by atoms with Gasteiger partial charge in [-0.2, -0.15) is 0 Å². The monoisotopic (exact) mass is 510 g/mol. The van der Waals surface area contributed by atoms with Crippen molar-refractivity contribution in [1.82, 2.24) is 16.0 Å². The minimum atomic E-state index is -1.64. The Balaban J connectivity index is 2.87. The lowest BCUT2D eigenvalue weighted by molar-refractivity contribution is -0.142. The molecule has 0 saturated carbocycles. The number of primary amides is 2. The average molecular weight is 511 g/mol. The third-order valence-electron chi connectivity index (χ3n) is 4.88. The van der Waals surface area contributed by atoms with E-state index >= 15 is 0 Å². The number of nitrogens with one attached hydrogen (secondary N) is 3. The molecule has 0 aliphatic heterocycles. The zero-order valence-electron chi connectivity index (χ0n) is 19.2. The predicted molar refractivity (Wildman–Crippen MR) is 123 cm³/mol. The van der Waals surface area contributed by atoms with Crippen molar-refractivity contribution in [3.8, 4) is 5.75 Å². The number of aliphatic carboxylic acids is 1. The quantitative estimate of drug-likeness (QED) is 0.110. The Morgan fingerprint density at radius 1 is 0.806 bits per heavy atom. The topological polar surface area (TPSA) is 277 Å². The van der Waals surface area contributed by atoms with E-state index in [0.29, 0.717) is 5.56 Å². The summed E-state index contributed by atoms with van der Waals surface area (Å²) in [5.41, 5.74) is 16.2. The van der Waals surface area contributed by atoms with Crippen LogP contribution in [-0.2, 0) is 35.2 Å². The number of hydrogen-bond acceptors (Lipinski definition) is 9. The molecule has 0 aliphatic rings. The molecule has 12 N–H and O–H groups in total. The van der Waals surface area contributed by atoms with Crippen LogP contribution in [0.2, 0.25) is 0 Å². The van der Waals surface area contributed by atoms with E-state index in [0.717, 1.165) is 0 Å². The van der Waals surface area contributed by atoms with Crippen LogP contribution >= 0.6 is 0 Å². The van der Waals surface area contributed by atoms with Crippen molar-refractivity contribution in [2.75, 3.05) is 6.61 Å². The first-order valence-corrected chi connectivity index (χ1v) is 10.7. The molecular formula is C21H30N6O9. The summed E-state index contributed by atoms with van der Waals surface area (Å²) in [4.78, 5) is 71.3. The Morgan fingerprint density at radius 2 is 1.33 bits per heavy atom. The van der Waals surface area contributed by atoms with Crippen molar-refractivity contribution in [1.29, 1.82) is 0 Å². The molecule has 0 bridgehead atoms. The summed E-state index contributed by atoms with van der Waals surface area (Å²) < 4.78 is 0. The number of benzene rings is 1. The Bertz CT molecular complexity index is 969. The summed E-state index contributed by atoms with van der Waals surface area (Å²) in [6, 6.07) is -0.341. The maximum atomic E-state index is 12.6. The number of nitrogens with two attached hydrogens (primary N) is 3. The number of carboxylic acid groups (broad SMARTS) is 1. The second-order valence-electron chi connectivity index (χ2n) is 7.86. The molecule has 0 saturated heterocycles. The Labute approximate surface area is 205 Å². The Kier molecular flexibility index (Phi) is 11.8. The van der Waals surface area contributed by atoms with Gasteiger partial charge in [-0.3, -0.25) is 24.0 Å². The minimum absolute atomic E-state index is 0.0378. The van der Waals surface area contributed by atoms with Crippen LogP contribution in [0.4, 0.5) is 0 Å². The number of aliphatic hydroxyl groups is 1. The van der Waals surface area contributed by atoms with Crippen LogP contribution in [0.3, 0.4) is 0 Å². The van der Waals surface area contributed by atoms with Gasteiger partial charge in [0.05, 0.1) is 19.1 Å². The predicted octanol–water partition coefficient (Wildman–Crippen LogP) is -4.07. The normalized spacial score (nSPS) is 13.9. The maximum absolute atomic E-state index is 12.6. The van der Waals surface area contributed by atoms with Crippen LogP contribution in [-0.4, -0.2) is 81.6 Å². The molecule has 4 atom stereocenters. The van der Waals surface area contributed by atoms with Crippen molar-refractivity contribution in [3.05, 3.63) is 29.8 Å². The average Bonchev–Trinajstić information content (AvgIpc) is 2.80. The third kappa shape index (κ3) is 10.4. The number of amides is 5. The summed E-state index contributed by atoms with van der Waals surface area (Å²) in [5, 5.41) is 34.8. The smallest absolute Gasteiger partial charge is 0.326 e. The Hall–Kier alpha value is -4.24. The number of carbonyl (C=O) groups is 6. The largest absolute Gasteiger partial charge is 0.508 e. The maximum Gasteiger partial charge on any atom is 0.326 e. The second kappa shape index (κ2) is 14.2. The number of phenols is 1. The van der Waals surface area contributed by atoms with Gasteiger partial charge in [0.25, 0.3) is 0 Å². The fraction of sp³-hybridized carbons (Fsp3) is 0.429. The van der Waals surface area contributed by atoms with Gasteiger partial charge in [0.15, 0.2) is 0 Å². The summed E-state index contributed by atoms with van der Waals surface area (Å²) in [6.07, 6.45) is -1.19. The molecule has 0 fully saturated rings. The van der Waals surface area contributed by atoms with E-state index in [4.69, 9.17) is 17.2 Å². The van der Waals surface area contributed by atoms with Gasteiger partial charge in [-0.05, 0) is 24.1 Å². The van der Waals surface area contributed by atoms with E-state index in [9.17, 15) is 44.1 Å². The van der Waals surface area contributed by atoms with Gasteiger partial charge in [0.1, 0.15) is 23.9 Å². The number of hydrogen-bond donors (Lipinski definition) is 9. The van der Waals surface area contributed by atoms with Crippen LogP contribution in [0, 0.1) is 0 Å². The lowest BCUT2D eigenvalue weighted by Crippen LogP contribution is -2.58. The lowest BCUT2D eigenvalue weighted by atomic mass is 10.1. The number of rotatable bonds is 15. The molecule has 1 aromatic rings. The first-order valence-electron chi connectivity index (χ1n) is 10.7. The molecule has 5 amide bonds. The summed E-state index contributed by atoms with van der Waals surface area (Å²) in [7, 11) is 0. The van der Waals surface area contributed by atoms with Crippen molar-refractivity contribution in [2.45, 2.75) is 49.9 Å². The number of carboxylic acids is 1. The minimum Gasteiger partial charge on any atom is -0.508 e. The molecule has 15 heteroatoms. The molecular weight excluding hydrogens is 480 g/mol. The van der Waals surface area contributed by atoms with Crippen molar-refractivity contribution < 1.29 is 44.1 Å². The summed E-state index contributed by atoms with van der Waals surface area (Å²) >= 11 is 0. The number of phenolic OH excluding ortho intramolecular Hbond substituents is 1. The molecule has 36 heavy (non-hydrogen) atoms. The van der Waals surface area contributed by atoms with Crippen molar-refractivity contribution in [3.63, 3.8) is 0 Å². The van der Waals surface area contributed by atoms with E-state index in [2.05, 4.69) is 16.0 Å². The highest BCUT2D eigenvalue weighted by Crippen LogP contribution is 2.11. The van der Waals surface area contributed by atoms with Crippen LogP contribution in [0.1, 0.15) is 24.8 Å². The van der Waals surface area contributed by atoms with Crippen LogP contribution in [0.15, 0.2) is 24.3 Å². The second-order valence-corrected chi connectivity index (χ2v) is 7.86. The molecule has 0 aromatic heterocycles. The molecule has 0 radical (unpaired) electrons. The van der Waals surface area contributed by atoms with Gasteiger partial charge in [-0.1, -0.05) is 12.1 Å². The van der Waals surface area contributed by atoms with Gasteiger partial charge in [0, 0.05) is 12.8 Å². The van der Waals surface area contributed by atoms with Crippen molar-refractivity contribution in [2.24, 2.45) is 17.2 Å². The summed E-state index contributed by atoms with van der Waals surface area (Å²) in [5.74, 6) is -6.16. The van der Waals surface area contributed by atoms with Crippen LogP contribution in [0.5, 0.6) is 5.75 Å². The Morgan fingerprint density at radius 3 is 1.83 bits per heavy atom. The van der Waals surface area contributed by atoms with Crippen LogP contribution < -0.4 is 33.2 Å². The van der Waals surface area contributed by atoms with Gasteiger partial charge in [-0.25, -0.2) is 4.79 Å². The number of aromatic hydroxyl groups is 1. The van der Waals surface area contributed by atoms with E-state index in [1.165, 1.54) is 24.3 Å². The third-order valence-corrected chi connectivity index (χ3v) is 4.88. The van der Waals surface area contributed by atoms with Crippen LogP contribution in [0.25, 0.3) is 0 Å².